The summed E-state index contributed by atoms with van der Waals surface area (Å²) in [5.74, 6) is 0.816. The Morgan fingerprint density at radius 1 is 1.06 bits per heavy atom. The fourth-order valence-electron chi connectivity index (χ4n) is 4.00. The minimum absolute atomic E-state index is 0. The van der Waals surface area contributed by atoms with Gasteiger partial charge in [0.1, 0.15) is 5.65 Å². The highest BCUT2D eigenvalue weighted by atomic mass is 127. The van der Waals surface area contributed by atoms with E-state index in [1.807, 2.05) is 13.2 Å². The van der Waals surface area contributed by atoms with Crippen molar-refractivity contribution >= 4 is 35.6 Å². The fourth-order valence-corrected chi connectivity index (χ4v) is 4.00. The molecule has 4 rings (SSSR count). The van der Waals surface area contributed by atoms with Crippen LogP contribution in [-0.4, -0.2) is 46.9 Å². The molecule has 0 saturated carbocycles. The molecule has 1 saturated heterocycles. The zero-order valence-corrected chi connectivity index (χ0v) is 20.8. The third-order valence-electron chi connectivity index (χ3n) is 5.71. The predicted molar refractivity (Wildman–Crippen MR) is 138 cm³/mol. The Balaban J connectivity index is 0.00000272. The Kier molecular flexibility index (Phi) is 8.71. The number of nitrogens with one attached hydrogen (secondary N) is 2. The number of aromatic nitrogens is 2. The predicted octanol–water partition coefficient (Wildman–Crippen LogP) is 3.76. The van der Waals surface area contributed by atoms with E-state index in [0.717, 1.165) is 43.4 Å². The Morgan fingerprint density at radius 2 is 1.81 bits per heavy atom. The first kappa shape index (κ1) is 23.5. The molecule has 1 aromatic carbocycles. The quantitative estimate of drug-likeness (QED) is 0.277. The lowest BCUT2D eigenvalue weighted by atomic mass is 10.1. The topological polar surface area (TPSA) is 57.0 Å². The number of likely N-dealkylation sites (tertiary alicyclic amines) is 1. The van der Waals surface area contributed by atoms with Crippen LogP contribution in [0.4, 0.5) is 0 Å². The van der Waals surface area contributed by atoms with E-state index in [-0.39, 0.29) is 24.0 Å². The van der Waals surface area contributed by atoms with Gasteiger partial charge in [0, 0.05) is 45.5 Å². The molecule has 1 fully saturated rings. The first-order valence-electron chi connectivity index (χ1n) is 10.9. The molecule has 0 atom stereocenters. The first-order chi connectivity index (χ1) is 14.7. The number of nitrogens with zero attached hydrogens (tertiary/aromatic N) is 4. The Morgan fingerprint density at radius 3 is 2.52 bits per heavy atom. The van der Waals surface area contributed by atoms with Crippen LogP contribution in [-0.2, 0) is 19.5 Å². The highest BCUT2D eigenvalue weighted by molar-refractivity contribution is 14.0. The third kappa shape index (κ3) is 6.43. The number of pyridine rings is 1. The van der Waals surface area contributed by atoms with Crippen molar-refractivity contribution in [2.24, 2.45) is 4.99 Å². The molecule has 1 aliphatic heterocycles. The highest BCUT2D eigenvalue weighted by Crippen LogP contribution is 2.13. The molecule has 0 bridgehead atoms. The lowest BCUT2D eigenvalue weighted by molar-refractivity contribution is 0.331. The smallest absolute Gasteiger partial charge is 0.191 e. The van der Waals surface area contributed by atoms with Crippen molar-refractivity contribution in [1.82, 2.24) is 24.9 Å². The van der Waals surface area contributed by atoms with Gasteiger partial charge in [-0.1, -0.05) is 30.3 Å². The lowest BCUT2D eigenvalue weighted by Crippen LogP contribution is -2.37. The number of aryl methyl sites for hydroxylation is 1. The number of guanidine groups is 1. The summed E-state index contributed by atoms with van der Waals surface area (Å²) in [5, 5.41) is 6.79. The molecule has 0 radical (unpaired) electrons. The number of imidazole rings is 1. The van der Waals surface area contributed by atoms with Crippen LogP contribution in [0.3, 0.4) is 0 Å². The van der Waals surface area contributed by atoms with Crippen LogP contribution in [0.5, 0.6) is 0 Å². The van der Waals surface area contributed by atoms with Crippen molar-refractivity contribution in [1.29, 1.82) is 0 Å². The normalized spacial score (nSPS) is 14.6. The number of benzene rings is 1. The van der Waals surface area contributed by atoms with Gasteiger partial charge in [0.05, 0.1) is 5.69 Å². The Labute approximate surface area is 202 Å². The van der Waals surface area contributed by atoms with Crippen LogP contribution < -0.4 is 10.6 Å². The molecule has 6 nitrogen and oxygen atoms in total. The summed E-state index contributed by atoms with van der Waals surface area (Å²) in [6.07, 6.45) is 7.68. The molecule has 0 amide bonds. The molecule has 0 unspecified atom stereocenters. The number of hydrogen-bond acceptors (Lipinski definition) is 3. The Hall–Kier alpha value is -2.13. The van der Waals surface area contributed by atoms with Gasteiger partial charge in [-0.2, -0.15) is 0 Å². The first-order valence-corrected chi connectivity index (χ1v) is 10.9. The van der Waals surface area contributed by atoms with E-state index >= 15 is 0 Å². The van der Waals surface area contributed by atoms with Crippen molar-refractivity contribution in [2.45, 2.75) is 39.3 Å². The van der Waals surface area contributed by atoms with E-state index in [9.17, 15) is 0 Å². The monoisotopic (exact) mass is 532 g/mol. The number of rotatable bonds is 7. The molecule has 0 aliphatic carbocycles. The molecule has 1 aliphatic rings. The van der Waals surface area contributed by atoms with Crippen LogP contribution in [0, 0.1) is 6.92 Å². The fraction of sp³-hybridized carbons (Fsp3) is 0.417. The van der Waals surface area contributed by atoms with Crippen molar-refractivity contribution in [3.63, 3.8) is 0 Å². The summed E-state index contributed by atoms with van der Waals surface area (Å²) in [5.41, 5.74) is 5.97. The maximum atomic E-state index is 4.73. The molecule has 2 aromatic heterocycles. The van der Waals surface area contributed by atoms with E-state index in [1.54, 1.807) is 0 Å². The standard InChI is InChI=1S/C24H32N6.HI/c1-19-6-5-15-30-18-22(28-23(19)30)11-12-26-24(25-2)27-16-20-7-9-21(10-8-20)17-29-13-3-4-14-29;/h5-10,15,18H,3-4,11-14,16-17H2,1-2H3,(H2,25,26,27);1H. The van der Waals surface area contributed by atoms with E-state index in [4.69, 9.17) is 4.98 Å². The summed E-state index contributed by atoms with van der Waals surface area (Å²) in [4.78, 5) is 11.6. The molecule has 7 heteroatoms. The molecule has 31 heavy (non-hydrogen) atoms. The number of halogens is 1. The molecule has 0 spiro atoms. The molecular formula is C24H33IN6. The number of aliphatic imine (C=N–C) groups is 1. The van der Waals surface area contributed by atoms with E-state index < -0.39 is 0 Å². The maximum absolute atomic E-state index is 4.73. The van der Waals surface area contributed by atoms with E-state index in [1.165, 1.54) is 42.6 Å². The van der Waals surface area contributed by atoms with Crippen molar-refractivity contribution in [3.8, 4) is 0 Å². The highest BCUT2D eigenvalue weighted by Gasteiger charge is 2.11. The maximum Gasteiger partial charge on any atom is 0.191 e. The largest absolute Gasteiger partial charge is 0.356 e. The number of hydrogen-bond donors (Lipinski definition) is 2. The molecule has 3 heterocycles. The minimum Gasteiger partial charge on any atom is -0.356 e. The summed E-state index contributed by atoms with van der Waals surface area (Å²) >= 11 is 0. The van der Waals surface area contributed by atoms with Gasteiger partial charge in [0.25, 0.3) is 0 Å². The summed E-state index contributed by atoms with van der Waals surface area (Å²) in [7, 11) is 1.81. The second kappa shape index (κ2) is 11.5. The van der Waals surface area contributed by atoms with Crippen LogP contribution >= 0.6 is 24.0 Å². The molecule has 3 aromatic rings. The van der Waals surface area contributed by atoms with Gasteiger partial charge in [-0.05, 0) is 55.6 Å². The van der Waals surface area contributed by atoms with Crippen molar-refractivity contribution < 1.29 is 0 Å². The second-order valence-corrected chi connectivity index (χ2v) is 8.06. The number of fused-ring (bicyclic) bond motifs is 1. The van der Waals surface area contributed by atoms with Crippen molar-refractivity contribution in [3.05, 3.63) is 71.2 Å². The average molecular weight is 532 g/mol. The van der Waals surface area contributed by atoms with E-state index in [2.05, 4.69) is 74.4 Å². The molecule has 166 valence electrons. The summed E-state index contributed by atoms with van der Waals surface area (Å²) in [6, 6.07) is 13.1. The zero-order valence-electron chi connectivity index (χ0n) is 18.5. The van der Waals surface area contributed by atoms with E-state index in [0.29, 0.717) is 0 Å². The van der Waals surface area contributed by atoms with Crippen LogP contribution in [0.25, 0.3) is 5.65 Å². The van der Waals surface area contributed by atoms with Gasteiger partial charge >= 0.3 is 0 Å². The molecule has 2 N–H and O–H groups in total. The van der Waals surface area contributed by atoms with Crippen LogP contribution in [0.15, 0.2) is 53.8 Å². The molecular weight excluding hydrogens is 499 g/mol. The summed E-state index contributed by atoms with van der Waals surface area (Å²) < 4.78 is 2.09. The van der Waals surface area contributed by atoms with Gasteiger partial charge in [-0.25, -0.2) is 4.98 Å². The Bertz CT molecular complexity index is 989. The average Bonchev–Trinajstić information content (AvgIpc) is 3.42. The minimum atomic E-state index is 0. The SMILES string of the molecule is CN=C(NCCc1cn2cccc(C)c2n1)NCc1ccc(CN2CCCC2)cc1.I. The van der Waals surface area contributed by atoms with Gasteiger partial charge in [0.15, 0.2) is 5.96 Å². The zero-order chi connectivity index (χ0) is 20.8. The summed E-state index contributed by atoms with van der Waals surface area (Å²) in [6.45, 7) is 7.18. The van der Waals surface area contributed by atoms with Gasteiger partial charge in [-0.3, -0.25) is 9.89 Å². The van der Waals surface area contributed by atoms with Gasteiger partial charge in [0.2, 0.25) is 0 Å². The second-order valence-electron chi connectivity index (χ2n) is 8.06. The van der Waals surface area contributed by atoms with Crippen LogP contribution in [0.1, 0.15) is 35.2 Å². The van der Waals surface area contributed by atoms with Crippen molar-refractivity contribution in [2.75, 3.05) is 26.7 Å². The van der Waals surface area contributed by atoms with Gasteiger partial charge < -0.3 is 15.0 Å². The lowest BCUT2D eigenvalue weighted by Gasteiger charge is -2.15. The van der Waals surface area contributed by atoms with Gasteiger partial charge in [-0.15, -0.1) is 24.0 Å². The third-order valence-corrected chi connectivity index (χ3v) is 5.71. The van der Waals surface area contributed by atoms with Crippen LogP contribution in [0.2, 0.25) is 0 Å².